The van der Waals surface area contributed by atoms with Gasteiger partial charge in [-0.3, -0.25) is 0 Å². The first-order chi connectivity index (χ1) is 9.38. The normalized spacial score (nSPS) is 10.4. The minimum Gasteiger partial charge on any atom is -0.389 e. The molecule has 0 spiro atoms. The lowest BCUT2D eigenvalue weighted by atomic mass is 10.2. The molecule has 0 atom stereocenters. The Morgan fingerprint density at radius 1 is 1.20 bits per heavy atom. The van der Waals surface area contributed by atoms with E-state index in [2.05, 4.69) is 37.2 Å². The van der Waals surface area contributed by atoms with Gasteiger partial charge >= 0.3 is 0 Å². The van der Waals surface area contributed by atoms with Crippen LogP contribution in [0.4, 0.5) is 15.8 Å². The van der Waals surface area contributed by atoms with Crippen LogP contribution in [0.3, 0.4) is 0 Å². The lowest BCUT2D eigenvalue weighted by Gasteiger charge is -2.13. The number of halogens is 4. The Morgan fingerprint density at radius 2 is 1.90 bits per heavy atom. The molecule has 0 aliphatic carbocycles. The maximum absolute atomic E-state index is 13.2. The molecule has 0 aromatic heterocycles. The Labute approximate surface area is 142 Å². The molecule has 2 rings (SSSR count). The highest BCUT2D eigenvalue weighted by molar-refractivity contribution is 9.11. The van der Waals surface area contributed by atoms with Crippen LogP contribution in [0, 0.1) is 5.82 Å². The van der Waals surface area contributed by atoms with E-state index in [1.807, 2.05) is 6.07 Å². The average molecular weight is 439 g/mol. The van der Waals surface area contributed by atoms with Gasteiger partial charge in [0.15, 0.2) is 0 Å². The first-order valence-electron chi connectivity index (χ1n) is 5.39. The molecular formula is C13H8Br2ClFN2S. The second-order valence-electron chi connectivity index (χ2n) is 3.93. The van der Waals surface area contributed by atoms with E-state index < -0.39 is 5.82 Å². The molecule has 0 saturated carbocycles. The van der Waals surface area contributed by atoms with Crippen molar-refractivity contribution in [2.24, 2.45) is 5.73 Å². The highest BCUT2D eigenvalue weighted by atomic mass is 79.9. The Kier molecular flexibility index (Phi) is 5.01. The summed E-state index contributed by atoms with van der Waals surface area (Å²) >= 11 is 17.6. The van der Waals surface area contributed by atoms with Crippen LogP contribution in [0.5, 0.6) is 0 Å². The van der Waals surface area contributed by atoms with E-state index in [1.165, 1.54) is 12.1 Å². The van der Waals surface area contributed by atoms with E-state index >= 15 is 0 Å². The number of rotatable bonds is 3. The van der Waals surface area contributed by atoms with Crippen molar-refractivity contribution in [1.29, 1.82) is 0 Å². The smallest absolute Gasteiger partial charge is 0.125 e. The van der Waals surface area contributed by atoms with Gasteiger partial charge in [0.25, 0.3) is 0 Å². The summed E-state index contributed by atoms with van der Waals surface area (Å²) in [6, 6.07) is 7.99. The van der Waals surface area contributed by atoms with Crippen molar-refractivity contribution in [3.8, 4) is 0 Å². The zero-order valence-electron chi connectivity index (χ0n) is 9.88. The lowest BCUT2D eigenvalue weighted by Crippen LogP contribution is -2.09. The molecule has 3 N–H and O–H groups in total. The topological polar surface area (TPSA) is 38.0 Å². The maximum Gasteiger partial charge on any atom is 0.125 e. The molecule has 104 valence electrons. The minimum atomic E-state index is -0.407. The van der Waals surface area contributed by atoms with Crippen LogP contribution >= 0.6 is 55.7 Å². The molecular weight excluding hydrogens is 430 g/mol. The van der Waals surface area contributed by atoms with Crippen LogP contribution in [0.25, 0.3) is 0 Å². The van der Waals surface area contributed by atoms with Gasteiger partial charge in [0.05, 0.1) is 16.4 Å². The van der Waals surface area contributed by atoms with Gasteiger partial charge in [0, 0.05) is 14.5 Å². The fourth-order valence-electron chi connectivity index (χ4n) is 1.57. The first-order valence-corrected chi connectivity index (χ1v) is 7.76. The summed E-state index contributed by atoms with van der Waals surface area (Å²) in [7, 11) is 0. The van der Waals surface area contributed by atoms with Gasteiger partial charge in [0.2, 0.25) is 0 Å². The van der Waals surface area contributed by atoms with E-state index in [9.17, 15) is 4.39 Å². The van der Waals surface area contributed by atoms with Crippen molar-refractivity contribution in [3.63, 3.8) is 0 Å². The van der Waals surface area contributed by atoms with Crippen molar-refractivity contribution in [1.82, 2.24) is 0 Å². The van der Waals surface area contributed by atoms with Crippen LogP contribution < -0.4 is 11.1 Å². The number of anilines is 2. The van der Waals surface area contributed by atoms with E-state index in [-0.39, 0.29) is 5.02 Å². The minimum absolute atomic E-state index is 0.280. The largest absolute Gasteiger partial charge is 0.389 e. The SMILES string of the molecule is NC(=S)c1ccc(Nc2c(Cl)cc(F)cc2Br)c(Br)c1. The van der Waals surface area contributed by atoms with Crippen LogP contribution in [-0.4, -0.2) is 4.99 Å². The van der Waals surface area contributed by atoms with Crippen molar-refractivity contribution < 1.29 is 4.39 Å². The third-order valence-electron chi connectivity index (χ3n) is 2.52. The number of hydrogen-bond donors (Lipinski definition) is 2. The van der Waals surface area contributed by atoms with Gasteiger partial charge in [-0.2, -0.15) is 0 Å². The monoisotopic (exact) mass is 436 g/mol. The van der Waals surface area contributed by atoms with Crippen molar-refractivity contribution in [2.45, 2.75) is 0 Å². The molecule has 7 heteroatoms. The van der Waals surface area contributed by atoms with E-state index in [0.717, 1.165) is 15.7 Å². The van der Waals surface area contributed by atoms with Crippen LogP contribution in [0.2, 0.25) is 5.02 Å². The van der Waals surface area contributed by atoms with E-state index in [0.29, 0.717) is 15.1 Å². The van der Waals surface area contributed by atoms with Gasteiger partial charge in [-0.25, -0.2) is 4.39 Å². The molecule has 0 unspecified atom stereocenters. The quantitative estimate of drug-likeness (QED) is 0.632. The van der Waals surface area contributed by atoms with Gasteiger partial charge in [-0.1, -0.05) is 23.8 Å². The first kappa shape index (κ1) is 15.7. The number of nitrogens with two attached hydrogens (primary N) is 1. The highest BCUT2D eigenvalue weighted by Crippen LogP contribution is 2.36. The van der Waals surface area contributed by atoms with Crippen molar-refractivity contribution >= 4 is 72.0 Å². The predicted molar refractivity (Wildman–Crippen MR) is 92.4 cm³/mol. The third-order valence-corrected chi connectivity index (χ3v) is 4.34. The molecule has 2 aromatic carbocycles. The van der Waals surface area contributed by atoms with Gasteiger partial charge in [-0.05, 0) is 62.2 Å². The van der Waals surface area contributed by atoms with E-state index in [4.69, 9.17) is 29.6 Å². The predicted octanol–water partition coefficient (Wildman–Crippen LogP) is 5.38. The second-order valence-corrected chi connectivity index (χ2v) is 6.48. The molecule has 0 heterocycles. The van der Waals surface area contributed by atoms with Crippen LogP contribution in [0.15, 0.2) is 39.3 Å². The molecule has 0 radical (unpaired) electrons. The number of nitrogens with one attached hydrogen (secondary N) is 1. The zero-order chi connectivity index (χ0) is 14.9. The number of thiocarbonyl (C=S) groups is 1. The standard InChI is InChI=1S/C13H8Br2ClFN2S/c14-8-3-6(13(18)20)1-2-11(8)19-12-9(15)4-7(17)5-10(12)16/h1-5,19H,(H2,18,20). The van der Waals surface area contributed by atoms with Crippen molar-refractivity contribution in [2.75, 3.05) is 5.32 Å². The summed E-state index contributed by atoms with van der Waals surface area (Å²) in [5.41, 5.74) is 7.67. The summed E-state index contributed by atoms with van der Waals surface area (Å²) in [5, 5.41) is 3.41. The van der Waals surface area contributed by atoms with E-state index in [1.54, 1.807) is 12.1 Å². The molecule has 20 heavy (non-hydrogen) atoms. The average Bonchev–Trinajstić information content (AvgIpc) is 2.34. The number of benzene rings is 2. The molecule has 2 nitrogen and oxygen atoms in total. The molecule has 0 amide bonds. The maximum atomic E-state index is 13.2. The van der Waals surface area contributed by atoms with Crippen molar-refractivity contribution in [3.05, 3.63) is 55.7 Å². The highest BCUT2D eigenvalue weighted by Gasteiger charge is 2.10. The molecule has 0 bridgehead atoms. The van der Waals surface area contributed by atoms with Crippen LogP contribution in [-0.2, 0) is 0 Å². The third kappa shape index (κ3) is 3.49. The molecule has 0 aliphatic rings. The summed E-state index contributed by atoms with van der Waals surface area (Å²) in [5.74, 6) is -0.407. The van der Waals surface area contributed by atoms with Gasteiger partial charge < -0.3 is 11.1 Å². The molecule has 0 saturated heterocycles. The summed E-state index contributed by atoms with van der Waals surface area (Å²) in [4.78, 5) is 0.318. The zero-order valence-corrected chi connectivity index (χ0v) is 14.6. The fourth-order valence-corrected chi connectivity index (χ4v) is 3.07. The summed E-state index contributed by atoms with van der Waals surface area (Å²) < 4.78 is 14.5. The summed E-state index contributed by atoms with van der Waals surface area (Å²) in [6.45, 7) is 0. The fraction of sp³-hybridized carbons (Fsp3) is 0. The Hall–Kier alpha value is -0.690. The molecule has 2 aromatic rings. The number of hydrogen-bond acceptors (Lipinski definition) is 2. The molecule has 0 aliphatic heterocycles. The summed E-state index contributed by atoms with van der Waals surface area (Å²) in [6.07, 6.45) is 0. The second kappa shape index (κ2) is 6.39. The lowest BCUT2D eigenvalue weighted by molar-refractivity contribution is 0.627. The Balaban J connectivity index is 2.38. The van der Waals surface area contributed by atoms with Gasteiger partial charge in [-0.15, -0.1) is 0 Å². The van der Waals surface area contributed by atoms with Crippen LogP contribution in [0.1, 0.15) is 5.56 Å². The Bertz CT molecular complexity index is 671. The molecule has 0 fully saturated rings. The van der Waals surface area contributed by atoms with Gasteiger partial charge in [0.1, 0.15) is 10.8 Å². The Morgan fingerprint density at radius 3 is 2.45 bits per heavy atom.